The van der Waals surface area contributed by atoms with Crippen molar-refractivity contribution in [2.45, 2.75) is 32.7 Å². The topological polar surface area (TPSA) is 79.1 Å². The first-order chi connectivity index (χ1) is 17.4. The number of hydrogen-bond acceptors (Lipinski definition) is 7. The zero-order chi connectivity index (χ0) is 25.8. The number of rotatable bonds is 8. The first-order valence-electron chi connectivity index (χ1n) is 11.6. The number of ether oxygens (including phenoxy) is 3. The number of para-hydroxylation sites is 1. The number of carbonyl (C=O) groups is 1. The Hall–Kier alpha value is -3.36. The van der Waals surface area contributed by atoms with Gasteiger partial charge in [0.1, 0.15) is 17.5 Å². The van der Waals surface area contributed by atoms with E-state index in [1.165, 1.54) is 15.9 Å². The van der Waals surface area contributed by atoms with Crippen LogP contribution in [0.15, 0.2) is 63.5 Å². The van der Waals surface area contributed by atoms with Gasteiger partial charge in [-0.25, -0.2) is 9.79 Å². The van der Waals surface area contributed by atoms with E-state index >= 15 is 0 Å². The maximum Gasteiger partial charge on any atom is 0.338 e. The highest BCUT2D eigenvalue weighted by atomic mass is 35.5. The first-order valence-corrected chi connectivity index (χ1v) is 12.8. The number of hydrogen-bond donors (Lipinski definition) is 0. The van der Waals surface area contributed by atoms with Gasteiger partial charge in [-0.15, -0.1) is 0 Å². The number of halogens is 1. The predicted molar refractivity (Wildman–Crippen MR) is 141 cm³/mol. The molecule has 0 saturated heterocycles. The van der Waals surface area contributed by atoms with Crippen LogP contribution in [0.2, 0.25) is 5.02 Å². The molecule has 2 heterocycles. The average molecular weight is 527 g/mol. The molecule has 0 unspecified atom stereocenters. The number of fused-ring (bicyclic) bond motifs is 1. The molecule has 36 heavy (non-hydrogen) atoms. The van der Waals surface area contributed by atoms with E-state index in [1.54, 1.807) is 45.4 Å². The molecule has 1 aromatic heterocycles. The molecule has 0 N–H and O–H groups in total. The van der Waals surface area contributed by atoms with Crippen molar-refractivity contribution in [3.63, 3.8) is 0 Å². The van der Waals surface area contributed by atoms with Gasteiger partial charge in [0.25, 0.3) is 5.56 Å². The van der Waals surface area contributed by atoms with Crippen LogP contribution in [0.1, 0.15) is 43.9 Å². The number of thiazole rings is 1. The predicted octanol–water partition coefficient (Wildman–Crippen LogP) is 4.25. The van der Waals surface area contributed by atoms with Gasteiger partial charge in [-0.1, -0.05) is 54.5 Å². The third-order valence-corrected chi connectivity index (χ3v) is 7.02. The normalized spacial score (nSPS) is 15.4. The van der Waals surface area contributed by atoms with Gasteiger partial charge in [0, 0.05) is 16.1 Å². The number of esters is 1. The molecular weight excluding hydrogens is 500 g/mol. The van der Waals surface area contributed by atoms with Crippen LogP contribution in [0.25, 0.3) is 6.08 Å². The Kier molecular flexibility index (Phi) is 7.96. The Balaban J connectivity index is 2.06. The van der Waals surface area contributed by atoms with Crippen molar-refractivity contribution >= 4 is 35.0 Å². The Morgan fingerprint density at radius 3 is 2.58 bits per heavy atom. The molecule has 0 amide bonds. The van der Waals surface area contributed by atoms with E-state index in [2.05, 4.69) is 0 Å². The maximum atomic E-state index is 13.9. The standard InChI is InChI=1S/C27H27ClN2O5S/c1-5-9-19-23(26(32)35-6-2)24(18-15-17(28)12-13-21(18)34-4)30-25(31)22(36-27(30)29-19)14-16-10-7-8-11-20(16)33-3/h7-8,10-15,24H,5-6,9H2,1-4H3/b22-14+/t24-/m0/s1. The van der Waals surface area contributed by atoms with Gasteiger partial charge >= 0.3 is 5.97 Å². The Labute approximate surface area is 217 Å². The van der Waals surface area contributed by atoms with E-state index in [4.69, 9.17) is 30.8 Å². The van der Waals surface area contributed by atoms with E-state index < -0.39 is 12.0 Å². The van der Waals surface area contributed by atoms with Crippen LogP contribution in [0.5, 0.6) is 11.5 Å². The molecule has 7 nitrogen and oxygen atoms in total. The van der Waals surface area contributed by atoms with E-state index in [0.717, 1.165) is 12.0 Å². The summed E-state index contributed by atoms with van der Waals surface area (Å²) < 4.78 is 18.5. The molecule has 0 spiro atoms. The van der Waals surface area contributed by atoms with Crippen LogP contribution in [0.4, 0.5) is 0 Å². The molecule has 0 saturated carbocycles. The second-order valence-corrected chi connectivity index (χ2v) is 9.49. The summed E-state index contributed by atoms with van der Waals surface area (Å²) in [5, 5.41) is 0.458. The van der Waals surface area contributed by atoms with Crippen LogP contribution in [-0.2, 0) is 9.53 Å². The monoisotopic (exact) mass is 526 g/mol. The number of nitrogens with zero attached hydrogens (tertiary/aromatic N) is 2. The van der Waals surface area contributed by atoms with Crippen molar-refractivity contribution in [1.82, 2.24) is 4.57 Å². The van der Waals surface area contributed by atoms with Crippen molar-refractivity contribution in [2.75, 3.05) is 20.8 Å². The molecule has 1 aliphatic heterocycles. The minimum Gasteiger partial charge on any atom is -0.496 e. The van der Waals surface area contributed by atoms with Crippen LogP contribution in [-0.4, -0.2) is 31.4 Å². The molecule has 1 aliphatic rings. The lowest BCUT2D eigenvalue weighted by atomic mass is 9.93. The molecule has 0 radical (unpaired) electrons. The van der Waals surface area contributed by atoms with Gasteiger partial charge in [-0.2, -0.15) is 0 Å². The number of benzene rings is 2. The van der Waals surface area contributed by atoms with Crippen molar-refractivity contribution in [3.05, 3.63) is 89.6 Å². The Morgan fingerprint density at radius 2 is 1.89 bits per heavy atom. The number of allylic oxidation sites excluding steroid dienone is 1. The zero-order valence-electron chi connectivity index (χ0n) is 20.5. The highest BCUT2D eigenvalue weighted by Gasteiger charge is 2.36. The summed E-state index contributed by atoms with van der Waals surface area (Å²) in [6.07, 6.45) is 3.09. The van der Waals surface area contributed by atoms with Crippen molar-refractivity contribution in [3.8, 4) is 11.5 Å². The van der Waals surface area contributed by atoms with Crippen LogP contribution in [0.3, 0.4) is 0 Å². The van der Waals surface area contributed by atoms with Gasteiger partial charge in [0.2, 0.25) is 0 Å². The number of aromatic nitrogens is 1. The van der Waals surface area contributed by atoms with Gasteiger partial charge in [-0.3, -0.25) is 9.36 Å². The lowest BCUT2D eigenvalue weighted by Crippen LogP contribution is -2.40. The molecular formula is C27H27ClN2O5S. The molecule has 0 bridgehead atoms. The summed E-state index contributed by atoms with van der Waals surface area (Å²) in [5.41, 5.74) is 1.97. The quantitative estimate of drug-likeness (QED) is 0.410. The zero-order valence-corrected chi connectivity index (χ0v) is 22.1. The number of methoxy groups -OCH3 is 2. The van der Waals surface area contributed by atoms with Crippen molar-refractivity contribution in [1.29, 1.82) is 0 Å². The summed E-state index contributed by atoms with van der Waals surface area (Å²) in [6, 6.07) is 11.8. The minimum absolute atomic E-state index is 0.194. The van der Waals surface area contributed by atoms with E-state index in [1.807, 2.05) is 31.2 Å². The fourth-order valence-corrected chi connectivity index (χ4v) is 5.45. The largest absolute Gasteiger partial charge is 0.496 e. The highest BCUT2D eigenvalue weighted by Crippen LogP contribution is 2.38. The Morgan fingerprint density at radius 1 is 1.14 bits per heavy atom. The summed E-state index contributed by atoms with van der Waals surface area (Å²) in [6.45, 7) is 3.95. The minimum atomic E-state index is -0.810. The van der Waals surface area contributed by atoms with Crippen molar-refractivity contribution < 1.29 is 19.0 Å². The van der Waals surface area contributed by atoms with Gasteiger partial charge in [0.15, 0.2) is 4.80 Å². The van der Waals surface area contributed by atoms with Crippen LogP contribution in [0, 0.1) is 0 Å². The lowest BCUT2D eigenvalue weighted by Gasteiger charge is -2.27. The fraction of sp³-hybridized carbons (Fsp3) is 0.296. The van der Waals surface area contributed by atoms with Gasteiger partial charge in [-0.05, 0) is 43.7 Å². The Bertz CT molecular complexity index is 1510. The molecule has 3 aromatic rings. The lowest BCUT2D eigenvalue weighted by molar-refractivity contribution is -0.139. The smallest absolute Gasteiger partial charge is 0.338 e. The van der Waals surface area contributed by atoms with E-state index in [0.29, 0.717) is 49.1 Å². The van der Waals surface area contributed by atoms with Gasteiger partial charge < -0.3 is 14.2 Å². The average Bonchev–Trinajstić information content (AvgIpc) is 3.18. The molecule has 1 atom stereocenters. The third kappa shape index (κ3) is 4.83. The van der Waals surface area contributed by atoms with Crippen LogP contribution >= 0.6 is 22.9 Å². The molecule has 4 rings (SSSR count). The second kappa shape index (κ2) is 11.1. The SMILES string of the molecule is CCCC1=C(C(=O)OCC)[C@H](c2cc(Cl)ccc2OC)n2c(s/c(=C/c3ccccc3OC)c2=O)=N1. The summed E-state index contributed by atoms with van der Waals surface area (Å²) in [5.74, 6) is 0.634. The van der Waals surface area contributed by atoms with Crippen molar-refractivity contribution in [2.24, 2.45) is 4.99 Å². The summed E-state index contributed by atoms with van der Waals surface area (Å²) in [7, 11) is 3.13. The second-order valence-electron chi connectivity index (χ2n) is 8.04. The van der Waals surface area contributed by atoms with Gasteiger partial charge in [0.05, 0.1) is 36.6 Å². The fourth-order valence-electron chi connectivity index (χ4n) is 4.26. The number of carbonyl (C=O) groups excluding carboxylic acids is 1. The first kappa shape index (κ1) is 25.7. The van der Waals surface area contributed by atoms with E-state index in [9.17, 15) is 9.59 Å². The summed E-state index contributed by atoms with van der Waals surface area (Å²) >= 11 is 7.64. The molecule has 0 fully saturated rings. The molecule has 9 heteroatoms. The molecule has 0 aliphatic carbocycles. The molecule has 2 aromatic carbocycles. The van der Waals surface area contributed by atoms with E-state index in [-0.39, 0.29) is 12.2 Å². The molecule has 188 valence electrons. The third-order valence-electron chi connectivity index (χ3n) is 5.80. The van der Waals surface area contributed by atoms with Crippen LogP contribution < -0.4 is 24.4 Å². The highest BCUT2D eigenvalue weighted by molar-refractivity contribution is 7.07. The summed E-state index contributed by atoms with van der Waals surface area (Å²) in [4.78, 5) is 32.4. The maximum absolute atomic E-state index is 13.9.